The Bertz CT molecular complexity index is 1090. The molecule has 3 aliphatic heterocycles. The van der Waals surface area contributed by atoms with Crippen molar-refractivity contribution < 1.29 is 19.1 Å². The van der Waals surface area contributed by atoms with Gasteiger partial charge in [0.2, 0.25) is 11.8 Å². The molecular formula is C26H30N4O4. The van der Waals surface area contributed by atoms with Gasteiger partial charge in [0.15, 0.2) is 0 Å². The van der Waals surface area contributed by atoms with Crippen LogP contribution in [0, 0.1) is 0 Å². The van der Waals surface area contributed by atoms with Crippen LogP contribution in [0.4, 0.5) is 0 Å². The normalized spacial score (nSPS) is 21.5. The minimum absolute atomic E-state index is 0.196. The lowest BCUT2D eigenvalue weighted by molar-refractivity contribution is -0.136. The van der Waals surface area contributed by atoms with Gasteiger partial charge in [-0.25, -0.2) is 0 Å². The molecule has 3 N–H and O–H groups in total. The highest BCUT2D eigenvalue weighted by atomic mass is 16.5. The molecule has 2 fully saturated rings. The van der Waals surface area contributed by atoms with Gasteiger partial charge >= 0.3 is 0 Å². The van der Waals surface area contributed by atoms with Crippen molar-refractivity contribution in [1.82, 2.24) is 15.1 Å². The van der Waals surface area contributed by atoms with E-state index in [1.54, 1.807) is 17.0 Å². The number of carbonyl (C=O) groups excluding carboxylic acids is 3. The number of likely N-dealkylation sites (tertiary alicyclic amines) is 1. The molecule has 0 unspecified atom stereocenters. The lowest BCUT2D eigenvalue weighted by Gasteiger charge is -2.30. The Labute approximate surface area is 199 Å². The molecular weight excluding hydrogens is 432 g/mol. The van der Waals surface area contributed by atoms with Crippen LogP contribution in [-0.4, -0.2) is 52.7 Å². The molecule has 2 aromatic rings. The van der Waals surface area contributed by atoms with Gasteiger partial charge in [-0.2, -0.15) is 0 Å². The zero-order valence-corrected chi connectivity index (χ0v) is 19.2. The van der Waals surface area contributed by atoms with Gasteiger partial charge in [0.25, 0.3) is 5.91 Å². The van der Waals surface area contributed by atoms with E-state index in [4.69, 9.17) is 10.5 Å². The van der Waals surface area contributed by atoms with Gasteiger partial charge in [-0.15, -0.1) is 0 Å². The van der Waals surface area contributed by atoms with Gasteiger partial charge in [-0.3, -0.25) is 24.6 Å². The van der Waals surface area contributed by atoms with Crippen molar-refractivity contribution in [1.29, 1.82) is 0 Å². The number of amides is 3. The third-order valence-corrected chi connectivity index (χ3v) is 6.99. The summed E-state index contributed by atoms with van der Waals surface area (Å²) in [5.41, 5.74) is 9.66. The smallest absolute Gasteiger partial charge is 0.255 e. The molecule has 2 saturated heterocycles. The Balaban J connectivity index is 1.21. The van der Waals surface area contributed by atoms with Gasteiger partial charge in [0.05, 0.1) is 6.54 Å². The average molecular weight is 463 g/mol. The fraction of sp³-hybridized carbons (Fsp3) is 0.423. The molecule has 0 aromatic heterocycles. The first-order valence-corrected chi connectivity index (χ1v) is 11.9. The predicted molar refractivity (Wildman–Crippen MR) is 126 cm³/mol. The number of hydrogen-bond acceptors (Lipinski definition) is 6. The van der Waals surface area contributed by atoms with Crippen molar-refractivity contribution in [3.63, 3.8) is 0 Å². The van der Waals surface area contributed by atoms with E-state index in [0.29, 0.717) is 36.9 Å². The lowest BCUT2D eigenvalue weighted by atomic mass is 10.0. The van der Waals surface area contributed by atoms with Crippen molar-refractivity contribution >= 4 is 17.7 Å². The Morgan fingerprint density at radius 2 is 1.71 bits per heavy atom. The fourth-order valence-corrected chi connectivity index (χ4v) is 4.96. The Morgan fingerprint density at radius 3 is 2.44 bits per heavy atom. The monoisotopic (exact) mass is 462 g/mol. The molecule has 178 valence electrons. The molecule has 0 bridgehead atoms. The first-order chi connectivity index (χ1) is 16.5. The summed E-state index contributed by atoms with van der Waals surface area (Å²) >= 11 is 0. The molecule has 5 rings (SSSR count). The molecule has 0 radical (unpaired) electrons. The number of ether oxygens (including phenoxy) is 1. The first kappa shape index (κ1) is 22.6. The molecule has 3 amide bonds. The first-order valence-electron chi connectivity index (χ1n) is 11.9. The van der Waals surface area contributed by atoms with Gasteiger partial charge in [-0.1, -0.05) is 30.3 Å². The van der Waals surface area contributed by atoms with Crippen molar-refractivity contribution in [2.45, 2.75) is 57.5 Å². The number of rotatable bonds is 6. The maximum Gasteiger partial charge on any atom is 0.255 e. The summed E-state index contributed by atoms with van der Waals surface area (Å²) in [5.74, 6) is -0.250. The predicted octanol–water partition coefficient (Wildman–Crippen LogP) is 1.95. The van der Waals surface area contributed by atoms with Crippen molar-refractivity contribution in [3.8, 4) is 5.75 Å². The molecule has 0 spiro atoms. The van der Waals surface area contributed by atoms with Crippen LogP contribution < -0.4 is 15.8 Å². The minimum atomic E-state index is -0.631. The van der Waals surface area contributed by atoms with Crippen LogP contribution in [0.1, 0.15) is 52.7 Å². The summed E-state index contributed by atoms with van der Waals surface area (Å²) in [4.78, 5) is 40.7. The number of piperidine rings is 2. The third kappa shape index (κ3) is 4.69. The number of benzene rings is 2. The maximum atomic E-state index is 13.0. The zero-order chi connectivity index (χ0) is 23.7. The van der Waals surface area contributed by atoms with Crippen LogP contribution >= 0.6 is 0 Å². The highest BCUT2D eigenvalue weighted by Gasteiger charge is 2.40. The largest absolute Gasteiger partial charge is 0.489 e. The van der Waals surface area contributed by atoms with Crippen LogP contribution in [0.2, 0.25) is 0 Å². The second-order valence-electron chi connectivity index (χ2n) is 9.40. The highest BCUT2D eigenvalue weighted by Crippen LogP contribution is 2.34. The summed E-state index contributed by atoms with van der Waals surface area (Å²) in [5, 5.41) is 2.34. The van der Waals surface area contributed by atoms with E-state index in [1.165, 1.54) is 5.56 Å². The second-order valence-corrected chi connectivity index (χ2v) is 9.40. The molecule has 2 aromatic carbocycles. The Kier molecular flexibility index (Phi) is 6.34. The summed E-state index contributed by atoms with van der Waals surface area (Å²) in [6, 6.07) is 13.6. The fourth-order valence-electron chi connectivity index (χ4n) is 4.96. The van der Waals surface area contributed by atoms with E-state index in [1.807, 2.05) is 6.07 Å². The summed E-state index contributed by atoms with van der Waals surface area (Å²) in [6.07, 6.45) is 2.69. The SMILES string of the molecule is NC1CCN(Cc2ccc(COc3cccc4c3CN([C@H]3CCC(=O)NC3=O)C4=O)cc2)CC1. The van der Waals surface area contributed by atoms with Crippen LogP contribution in [-0.2, 0) is 29.3 Å². The molecule has 3 aliphatic rings. The summed E-state index contributed by atoms with van der Waals surface area (Å²) in [7, 11) is 0. The van der Waals surface area contributed by atoms with Gasteiger partial charge in [0.1, 0.15) is 18.4 Å². The number of hydrogen-bond donors (Lipinski definition) is 2. The topological polar surface area (TPSA) is 105 Å². The van der Waals surface area contributed by atoms with Crippen molar-refractivity contribution in [2.75, 3.05) is 13.1 Å². The maximum absolute atomic E-state index is 13.0. The molecule has 1 atom stereocenters. The van der Waals surface area contributed by atoms with Crippen molar-refractivity contribution in [2.24, 2.45) is 5.73 Å². The van der Waals surface area contributed by atoms with Crippen LogP contribution in [0.5, 0.6) is 5.75 Å². The minimum Gasteiger partial charge on any atom is -0.489 e. The standard InChI is InChI=1S/C26H30N4O4/c27-19-10-12-29(13-11-19)14-17-4-6-18(7-5-17)16-34-23-3-1-2-20-21(23)15-30(26(20)33)22-8-9-24(31)28-25(22)32/h1-7,19,22H,8-16,27H2,(H,28,31,32)/t22-/m0/s1. The number of nitrogens with two attached hydrogens (primary N) is 1. The van der Waals surface area contributed by atoms with E-state index in [0.717, 1.165) is 43.6 Å². The number of nitrogens with zero attached hydrogens (tertiary/aromatic N) is 2. The van der Waals surface area contributed by atoms with E-state index < -0.39 is 11.9 Å². The van der Waals surface area contributed by atoms with Crippen LogP contribution in [0.3, 0.4) is 0 Å². The quantitative estimate of drug-likeness (QED) is 0.636. The number of fused-ring (bicyclic) bond motifs is 1. The second kappa shape index (κ2) is 9.56. The summed E-state index contributed by atoms with van der Waals surface area (Å²) in [6.45, 7) is 3.70. The van der Waals surface area contributed by atoms with Crippen LogP contribution in [0.25, 0.3) is 0 Å². The van der Waals surface area contributed by atoms with Crippen LogP contribution in [0.15, 0.2) is 42.5 Å². The average Bonchev–Trinajstić information content (AvgIpc) is 3.17. The van der Waals surface area contributed by atoms with E-state index in [-0.39, 0.29) is 18.2 Å². The van der Waals surface area contributed by atoms with E-state index >= 15 is 0 Å². The number of carbonyl (C=O) groups is 3. The molecule has 3 heterocycles. The molecule has 8 heteroatoms. The Morgan fingerprint density at radius 1 is 0.971 bits per heavy atom. The van der Waals surface area contributed by atoms with Crippen molar-refractivity contribution in [3.05, 3.63) is 64.7 Å². The van der Waals surface area contributed by atoms with Gasteiger partial charge < -0.3 is 15.4 Å². The summed E-state index contributed by atoms with van der Waals surface area (Å²) < 4.78 is 6.11. The molecule has 34 heavy (non-hydrogen) atoms. The molecule has 0 aliphatic carbocycles. The molecule has 0 saturated carbocycles. The number of nitrogens with one attached hydrogen (secondary N) is 1. The molecule has 8 nitrogen and oxygen atoms in total. The van der Waals surface area contributed by atoms with Gasteiger partial charge in [0, 0.05) is 30.1 Å². The Hall–Kier alpha value is -3.23. The lowest BCUT2D eigenvalue weighted by Crippen LogP contribution is -2.52. The zero-order valence-electron chi connectivity index (χ0n) is 19.2. The van der Waals surface area contributed by atoms with E-state index in [9.17, 15) is 14.4 Å². The third-order valence-electron chi connectivity index (χ3n) is 6.99. The number of imide groups is 1. The van der Waals surface area contributed by atoms with E-state index in [2.05, 4.69) is 34.5 Å². The highest BCUT2D eigenvalue weighted by molar-refractivity contribution is 6.05. The van der Waals surface area contributed by atoms with Gasteiger partial charge in [-0.05, 0) is 55.6 Å².